The molecular formula is C8H12N2O4S. The molecule has 15 heavy (non-hydrogen) atoms. The van der Waals surface area contributed by atoms with E-state index >= 15 is 0 Å². The zero-order valence-corrected chi connectivity index (χ0v) is 9.04. The summed E-state index contributed by atoms with van der Waals surface area (Å²) in [5.74, 6) is -0.771. The summed E-state index contributed by atoms with van der Waals surface area (Å²) in [6.07, 6.45) is -1.35. The molecule has 0 aromatic carbocycles. The third kappa shape index (κ3) is 6.76. The Hall–Kier alpha value is -1.26. The molecule has 0 bridgehead atoms. The van der Waals surface area contributed by atoms with Gasteiger partial charge in [-0.3, -0.25) is 4.79 Å². The van der Waals surface area contributed by atoms with E-state index in [-0.39, 0.29) is 24.0 Å². The molecule has 1 unspecified atom stereocenters. The number of hydrogen-bond acceptors (Lipinski definition) is 6. The van der Waals surface area contributed by atoms with Gasteiger partial charge in [-0.25, -0.2) is 4.79 Å². The van der Waals surface area contributed by atoms with E-state index in [1.807, 2.05) is 6.07 Å². The summed E-state index contributed by atoms with van der Waals surface area (Å²) in [7, 11) is 1.15. The van der Waals surface area contributed by atoms with E-state index in [0.29, 0.717) is 0 Å². The molecule has 0 aliphatic heterocycles. The van der Waals surface area contributed by atoms with Crippen LogP contribution in [0.25, 0.3) is 0 Å². The van der Waals surface area contributed by atoms with E-state index in [9.17, 15) is 9.59 Å². The van der Waals surface area contributed by atoms with E-state index in [1.54, 1.807) is 0 Å². The fourth-order valence-corrected chi connectivity index (χ4v) is 1.15. The van der Waals surface area contributed by atoms with Crippen molar-refractivity contribution in [3.8, 4) is 6.07 Å². The summed E-state index contributed by atoms with van der Waals surface area (Å²) in [4.78, 5) is 21.7. The molecule has 0 fully saturated rings. The Kier molecular flexibility index (Phi) is 7.40. The average Bonchev–Trinajstić information content (AvgIpc) is 2.25. The lowest BCUT2D eigenvalue weighted by molar-refractivity contribution is -0.150. The minimum atomic E-state index is -1.35. The number of aliphatic hydroxyl groups excluding tert-OH is 1. The third-order valence-corrected chi connectivity index (χ3v) is 2.17. The van der Waals surface area contributed by atoms with Crippen LogP contribution in [0.15, 0.2) is 0 Å². The van der Waals surface area contributed by atoms with Gasteiger partial charge in [-0.05, 0) is 0 Å². The highest BCUT2D eigenvalue weighted by Crippen LogP contribution is 1.96. The van der Waals surface area contributed by atoms with Gasteiger partial charge in [0.15, 0.2) is 6.10 Å². The van der Waals surface area contributed by atoms with Gasteiger partial charge in [0.05, 0.1) is 31.2 Å². The Balaban J connectivity index is 3.62. The molecule has 0 saturated heterocycles. The van der Waals surface area contributed by atoms with Crippen molar-refractivity contribution in [1.29, 1.82) is 5.26 Å². The number of thioether (sulfide) groups is 1. The number of carbonyl (C=O) groups excluding carboxylic acids is 2. The van der Waals surface area contributed by atoms with Gasteiger partial charge in [-0.15, -0.1) is 11.8 Å². The van der Waals surface area contributed by atoms with Gasteiger partial charge in [0.25, 0.3) is 0 Å². The maximum atomic E-state index is 11.0. The number of esters is 1. The molecule has 1 amide bonds. The fourth-order valence-electron chi connectivity index (χ4n) is 0.670. The van der Waals surface area contributed by atoms with Crippen molar-refractivity contribution in [3.05, 3.63) is 0 Å². The van der Waals surface area contributed by atoms with Crippen molar-refractivity contribution in [1.82, 2.24) is 5.32 Å². The Morgan fingerprint density at radius 2 is 2.33 bits per heavy atom. The molecule has 0 aliphatic rings. The number of ether oxygens (including phenoxy) is 1. The van der Waals surface area contributed by atoms with Crippen LogP contribution >= 0.6 is 11.8 Å². The first-order valence-electron chi connectivity index (χ1n) is 4.09. The summed E-state index contributed by atoms with van der Waals surface area (Å²) in [6, 6.07) is 1.87. The first-order chi connectivity index (χ1) is 7.11. The van der Waals surface area contributed by atoms with Gasteiger partial charge in [-0.2, -0.15) is 5.26 Å². The topological polar surface area (TPSA) is 99.4 Å². The molecule has 0 aromatic heterocycles. The molecule has 1 atom stereocenters. The number of carbonyl (C=O) groups is 2. The highest BCUT2D eigenvalue weighted by Gasteiger charge is 2.15. The Morgan fingerprint density at radius 3 is 2.87 bits per heavy atom. The first kappa shape index (κ1) is 13.7. The summed E-state index contributed by atoms with van der Waals surface area (Å²) in [6.45, 7) is -0.182. The number of rotatable bonds is 6. The van der Waals surface area contributed by atoms with Crippen LogP contribution in [0.5, 0.6) is 0 Å². The van der Waals surface area contributed by atoms with E-state index in [0.717, 1.165) is 18.9 Å². The molecule has 0 heterocycles. The highest BCUT2D eigenvalue weighted by atomic mass is 32.2. The van der Waals surface area contributed by atoms with Gasteiger partial charge in [0.2, 0.25) is 5.91 Å². The number of nitrogens with one attached hydrogen (secondary N) is 1. The normalized spacial score (nSPS) is 11.3. The zero-order valence-electron chi connectivity index (χ0n) is 8.23. The van der Waals surface area contributed by atoms with E-state index in [1.165, 1.54) is 0 Å². The van der Waals surface area contributed by atoms with Gasteiger partial charge in [0.1, 0.15) is 0 Å². The number of aliphatic hydroxyl groups is 1. The average molecular weight is 232 g/mol. The number of amides is 1. The Bertz CT molecular complexity index is 264. The van der Waals surface area contributed by atoms with E-state index in [4.69, 9.17) is 10.4 Å². The van der Waals surface area contributed by atoms with Crippen LogP contribution in [0.2, 0.25) is 0 Å². The third-order valence-electron chi connectivity index (χ3n) is 1.37. The predicted octanol–water partition coefficient (Wildman–Crippen LogP) is -1.11. The fraction of sp³-hybridized carbons (Fsp3) is 0.625. The molecule has 0 radical (unpaired) electrons. The zero-order chi connectivity index (χ0) is 11.7. The quantitative estimate of drug-likeness (QED) is 0.445. The van der Waals surface area contributed by atoms with E-state index < -0.39 is 12.1 Å². The van der Waals surface area contributed by atoms with Crippen molar-refractivity contribution in [2.24, 2.45) is 0 Å². The maximum absolute atomic E-state index is 11.0. The van der Waals surface area contributed by atoms with Gasteiger partial charge in [0, 0.05) is 0 Å². The minimum Gasteiger partial charge on any atom is -0.467 e. The maximum Gasteiger partial charge on any atom is 0.336 e. The number of hydrogen-bond donors (Lipinski definition) is 2. The van der Waals surface area contributed by atoms with Gasteiger partial charge in [-0.1, -0.05) is 0 Å². The molecular weight excluding hydrogens is 220 g/mol. The van der Waals surface area contributed by atoms with Crippen LogP contribution < -0.4 is 5.32 Å². The lowest BCUT2D eigenvalue weighted by atomic mass is 10.3. The molecule has 6 nitrogen and oxygen atoms in total. The molecule has 0 aliphatic carbocycles. The second-order valence-electron chi connectivity index (χ2n) is 2.49. The predicted molar refractivity (Wildman–Crippen MR) is 54.0 cm³/mol. The molecule has 0 rings (SSSR count). The molecule has 84 valence electrons. The van der Waals surface area contributed by atoms with Crippen LogP contribution in [0.3, 0.4) is 0 Å². The smallest absolute Gasteiger partial charge is 0.336 e. The minimum absolute atomic E-state index is 0.126. The Morgan fingerprint density at radius 1 is 1.67 bits per heavy atom. The molecule has 2 N–H and O–H groups in total. The SMILES string of the molecule is COC(=O)C(O)CNC(=O)CSCC#N. The molecule has 0 spiro atoms. The van der Waals surface area contributed by atoms with Crippen molar-refractivity contribution in [2.45, 2.75) is 6.10 Å². The summed E-state index contributed by atoms with van der Waals surface area (Å²) >= 11 is 1.16. The highest BCUT2D eigenvalue weighted by molar-refractivity contribution is 8.00. The molecule has 7 heteroatoms. The summed E-state index contributed by atoms with van der Waals surface area (Å²) in [5, 5.41) is 19.6. The number of methoxy groups -OCH3 is 1. The van der Waals surface area contributed by atoms with Crippen molar-refractivity contribution in [2.75, 3.05) is 25.2 Å². The van der Waals surface area contributed by atoms with Crippen LogP contribution in [-0.2, 0) is 14.3 Å². The van der Waals surface area contributed by atoms with Crippen molar-refractivity contribution >= 4 is 23.6 Å². The summed E-state index contributed by atoms with van der Waals surface area (Å²) in [5.41, 5.74) is 0. The van der Waals surface area contributed by atoms with E-state index in [2.05, 4.69) is 10.1 Å². The first-order valence-corrected chi connectivity index (χ1v) is 5.24. The molecule has 0 aromatic rings. The summed E-state index contributed by atoms with van der Waals surface area (Å²) < 4.78 is 4.25. The Labute approximate surface area is 91.6 Å². The van der Waals surface area contributed by atoms with Crippen LogP contribution in [0, 0.1) is 11.3 Å². The second kappa shape index (κ2) is 8.08. The lowest BCUT2D eigenvalue weighted by Crippen LogP contribution is -2.38. The van der Waals surface area contributed by atoms with Crippen molar-refractivity contribution < 1.29 is 19.4 Å². The lowest BCUT2D eigenvalue weighted by Gasteiger charge is -2.08. The number of nitrogens with zero attached hydrogens (tertiary/aromatic N) is 1. The monoisotopic (exact) mass is 232 g/mol. The standard InChI is InChI=1S/C8H12N2O4S/c1-14-8(13)6(11)4-10-7(12)5-15-3-2-9/h6,11H,3-5H2,1H3,(H,10,12). The number of nitriles is 1. The van der Waals surface area contributed by atoms with Crippen LogP contribution in [0.1, 0.15) is 0 Å². The molecule has 0 saturated carbocycles. The van der Waals surface area contributed by atoms with Crippen molar-refractivity contribution in [3.63, 3.8) is 0 Å². The van der Waals surface area contributed by atoms with Crippen LogP contribution in [0.4, 0.5) is 0 Å². The second-order valence-corrected chi connectivity index (χ2v) is 3.48. The van der Waals surface area contributed by atoms with Crippen LogP contribution in [-0.4, -0.2) is 48.2 Å². The largest absolute Gasteiger partial charge is 0.467 e. The van der Waals surface area contributed by atoms with Gasteiger partial charge < -0.3 is 15.2 Å². The van der Waals surface area contributed by atoms with Gasteiger partial charge >= 0.3 is 5.97 Å².